The van der Waals surface area contributed by atoms with Gasteiger partial charge in [0, 0.05) is 94.6 Å². The van der Waals surface area contributed by atoms with Gasteiger partial charge in [-0.1, -0.05) is 155 Å². The smallest absolute Gasteiger partial charge is 0.407 e. The number of carboxylic acid groups (broad SMARTS) is 5. The molecule has 0 radical (unpaired) electrons. The standard InChI is InChI=1S/C50H96N4O17S2.C38H66N4O17S8.CH4/c1-5-8-24-61-34-37-64-31-21-51-47(57)68-27-13-11-17-43(19-15-29-70-49(59)53-23-33-66-39-36-63-26-10-7-3)40-67-41-44(20-16-30-71-50(60)54-45(46(55)56)42-73-72-4)18-12-14-28-69-48(58)52-22-32-65-38-35-62-25-9-6-2;1-60-64-21-27(31(43)44)39-35(51)56-15-7-5-11-25(13-9-17-58-37(53)41-29(33(47)48)23-66-62-3)19-55-20-26(14-10-18-59-38(54)42-30(34(49)50)24-67-63-4)12-6-8-16-57-36(52)40-28(32(45)46)22-65-61-2;/h43-45H,5-42H2,1-4H3,(H,51,57)(H,52,58)(H,53,59)(H,54,60)(H,55,56);25-30H,5-24H2,1-4H3,(H,39,51)(H,40,52)(H,41,53)(H,42,54)(H,43,44)(H,45,46)(H,47,48)(H,49,50);1H4. The third-order valence-corrected chi connectivity index (χ3v) is 28.7. The van der Waals surface area contributed by atoms with Crippen molar-refractivity contribution in [3.8, 4) is 0 Å². The number of ether oxygens (including phenoxy) is 16. The van der Waals surface area contributed by atoms with E-state index in [1.54, 1.807) is 25.0 Å². The highest BCUT2D eigenvalue weighted by molar-refractivity contribution is 8.77. The van der Waals surface area contributed by atoms with Crippen molar-refractivity contribution in [1.82, 2.24) is 42.5 Å². The first-order valence-electron chi connectivity index (χ1n) is 47.7. The number of carbonyl (C=O) groups excluding carboxylic acids is 8. The first kappa shape index (κ1) is 140. The molecule has 9 atom stereocenters. The number of aliphatic carboxylic acids is 5. The summed E-state index contributed by atoms with van der Waals surface area (Å²) in [6.45, 7) is 15.9. The van der Waals surface area contributed by atoms with E-state index in [9.17, 15) is 87.9 Å². The Morgan fingerprint density at radius 1 is 0.220 bits per heavy atom. The SMILES string of the molecule is C.CCCCOCCOCCNC(=O)OCCCCC(CCCOC(=O)NCCOCCOCCCC)COCC(CCCCOC(=O)NCCOCCOCCCC)CCCOC(=O)NC(CSSC)C(=O)O.CSSCC(NC(=O)OCCCCC(CCCOC(=O)NC(CSSC)C(=O)O)COCC(CCCCOC(=O)NC(CSSC)C(=O)O)CCCOC(=O)NC(CSSC)C(=O)O)C(=O)O. The van der Waals surface area contributed by atoms with Gasteiger partial charge in [-0.2, -0.15) is 0 Å². The van der Waals surface area contributed by atoms with Crippen LogP contribution in [0.4, 0.5) is 38.4 Å². The lowest BCUT2D eigenvalue weighted by atomic mass is 9.96. The zero-order chi connectivity index (χ0) is 104. The molecule has 42 nitrogen and oxygen atoms in total. The maximum absolute atomic E-state index is 12.4. The molecule has 0 fully saturated rings. The van der Waals surface area contributed by atoms with Gasteiger partial charge in [-0.25, -0.2) is 62.3 Å². The minimum absolute atomic E-state index is 0. The van der Waals surface area contributed by atoms with Crippen molar-refractivity contribution in [2.75, 3.05) is 238 Å². The van der Waals surface area contributed by atoms with Crippen LogP contribution in [0.25, 0.3) is 0 Å². The van der Waals surface area contributed by atoms with E-state index in [4.69, 9.17) is 75.8 Å². The fourth-order valence-electron chi connectivity index (χ4n) is 12.0. The number of carboxylic acids is 5. The van der Waals surface area contributed by atoms with Crippen molar-refractivity contribution in [3.63, 3.8) is 0 Å². The van der Waals surface area contributed by atoms with E-state index in [2.05, 4.69) is 63.3 Å². The molecule has 0 rings (SSSR count). The van der Waals surface area contributed by atoms with E-state index in [-0.39, 0.29) is 113 Å². The molecule has 0 aliphatic carbocycles. The van der Waals surface area contributed by atoms with Crippen LogP contribution in [0.1, 0.15) is 195 Å². The van der Waals surface area contributed by atoms with Crippen LogP contribution in [-0.2, 0) is 99.8 Å². The average Bonchev–Trinajstić information content (AvgIpc) is 0.944. The van der Waals surface area contributed by atoms with Crippen LogP contribution in [0.5, 0.6) is 0 Å². The second-order valence-electron chi connectivity index (χ2n) is 31.1. The van der Waals surface area contributed by atoms with Crippen LogP contribution in [0.2, 0.25) is 0 Å². The zero-order valence-corrected chi connectivity index (χ0v) is 91.0. The summed E-state index contributed by atoms with van der Waals surface area (Å²) >= 11 is 0. The van der Waals surface area contributed by atoms with Crippen LogP contribution in [0.15, 0.2) is 0 Å². The normalized spacial score (nSPS) is 12.9. The summed E-state index contributed by atoms with van der Waals surface area (Å²) in [5.74, 6) is -4.87. The van der Waals surface area contributed by atoms with Gasteiger partial charge in [0.15, 0.2) is 0 Å². The van der Waals surface area contributed by atoms with Gasteiger partial charge in [-0.15, -0.1) is 0 Å². The number of nitrogens with one attached hydrogen (secondary N) is 8. The van der Waals surface area contributed by atoms with Gasteiger partial charge in [0.2, 0.25) is 0 Å². The Morgan fingerprint density at radius 3 is 0.582 bits per heavy atom. The number of amides is 8. The summed E-state index contributed by atoms with van der Waals surface area (Å²) in [5.41, 5.74) is 0. The molecule has 52 heteroatoms. The molecule has 13 N–H and O–H groups in total. The lowest BCUT2D eigenvalue weighted by Crippen LogP contribution is -2.42. The van der Waals surface area contributed by atoms with Crippen LogP contribution < -0.4 is 42.5 Å². The largest absolute Gasteiger partial charge is 0.480 e. The summed E-state index contributed by atoms with van der Waals surface area (Å²) in [7, 11) is 13.4. The van der Waals surface area contributed by atoms with Crippen molar-refractivity contribution in [3.05, 3.63) is 0 Å². The highest BCUT2D eigenvalue weighted by atomic mass is 33.1. The minimum atomic E-state index is -1.18. The summed E-state index contributed by atoms with van der Waals surface area (Å²) in [6.07, 6.45) is 22.0. The average molecular weight is 2210 g/mol. The summed E-state index contributed by atoms with van der Waals surface area (Å²) in [6, 6.07) is -5.51. The van der Waals surface area contributed by atoms with E-state index in [1.807, 2.05) is 6.26 Å². The van der Waals surface area contributed by atoms with Gasteiger partial charge in [0.25, 0.3) is 0 Å². The third kappa shape index (κ3) is 93.0. The van der Waals surface area contributed by atoms with Crippen LogP contribution in [0, 0.1) is 23.7 Å². The molecule has 0 spiro atoms. The van der Waals surface area contributed by atoms with Gasteiger partial charge in [0.1, 0.15) is 30.2 Å². The Labute approximate surface area is 873 Å². The summed E-state index contributed by atoms with van der Waals surface area (Å²) < 4.78 is 88.0. The number of unbranched alkanes of at least 4 members (excludes halogenated alkanes) is 7. The maximum atomic E-state index is 12.4. The zero-order valence-electron chi connectivity index (χ0n) is 82.9. The fourth-order valence-corrected chi connectivity index (χ4v) is 18.6. The molecule has 0 aliphatic heterocycles. The molecule has 0 aromatic heterocycles. The Hall–Kier alpha value is -5.31. The van der Waals surface area contributed by atoms with Crippen molar-refractivity contribution >= 4 is 187 Å². The Bertz CT molecular complexity index is 3050. The third-order valence-electron chi connectivity index (χ3n) is 19.6. The van der Waals surface area contributed by atoms with Crippen molar-refractivity contribution < 1.29 is 164 Å². The molecule has 141 heavy (non-hydrogen) atoms. The van der Waals surface area contributed by atoms with Gasteiger partial charge < -0.3 is 144 Å². The van der Waals surface area contributed by atoms with Gasteiger partial charge in [0.05, 0.1) is 112 Å². The molecule has 0 aromatic rings. The number of alkyl carbamates (subject to hydrolysis) is 8. The van der Waals surface area contributed by atoms with E-state index in [0.717, 1.165) is 70.6 Å². The van der Waals surface area contributed by atoms with E-state index < -0.39 is 109 Å². The lowest BCUT2D eigenvalue weighted by Gasteiger charge is -2.21. The van der Waals surface area contributed by atoms with E-state index in [1.165, 1.54) is 108 Å². The molecule has 0 bridgehead atoms. The number of hydrogen-bond acceptors (Lipinski definition) is 39. The fraction of sp³-hybridized carbons (Fsp3) is 0.854. The molecule has 0 saturated carbocycles. The van der Waals surface area contributed by atoms with Crippen LogP contribution in [0.3, 0.4) is 0 Å². The topological polar surface area (TPSA) is 567 Å². The number of hydrogen-bond donors (Lipinski definition) is 13. The quantitative estimate of drug-likeness (QED) is 0.0153. The molecular formula is C89H166N8O34S10. The Morgan fingerprint density at radius 2 is 0.397 bits per heavy atom. The first-order chi connectivity index (χ1) is 67.7. The van der Waals surface area contributed by atoms with Gasteiger partial charge in [-0.3, -0.25) is 0 Å². The molecule has 826 valence electrons. The molecule has 8 amide bonds. The Kier molecular flexibility index (Phi) is 102. The maximum Gasteiger partial charge on any atom is 0.407 e. The van der Waals surface area contributed by atoms with Crippen molar-refractivity contribution in [2.45, 2.75) is 225 Å². The highest BCUT2D eigenvalue weighted by Crippen LogP contribution is 2.26. The van der Waals surface area contributed by atoms with Crippen molar-refractivity contribution in [2.24, 2.45) is 23.7 Å². The molecule has 0 heterocycles. The van der Waals surface area contributed by atoms with Gasteiger partial charge >= 0.3 is 78.6 Å². The summed E-state index contributed by atoms with van der Waals surface area (Å²) in [4.78, 5) is 156. The lowest BCUT2D eigenvalue weighted by molar-refractivity contribution is -0.139. The molecular weight excluding hydrogens is 2050 g/mol. The predicted molar refractivity (Wildman–Crippen MR) is 562 cm³/mol. The summed E-state index contributed by atoms with van der Waals surface area (Å²) in [5, 5.41) is 67.0. The molecule has 0 saturated heterocycles. The van der Waals surface area contributed by atoms with Crippen LogP contribution >= 0.6 is 108 Å². The highest BCUT2D eigenvalue weighted by Gasteiger charge is 2.27. The monoisotopic (exact) mass is 2210 g/mol. The number of carbonyl (C=O) groups is 13. The number of rotatable bonds is 96. The van der Waals surface area contributed by atoms with Crippen LogP contribution in [-0.4, -0.2) is 373 Å². The molecule has 0 aromatic carbocycles. The minimum Gasteiger partial charge on any atom is -0.480 e. The Balaban J connectivity index is -0.00000269. The van der Waals surface area contributed by atoms with E-state index in [0.29, 0.717) is 222 Å². The first-order valence-corrected chi connectivity index (χ1v) is 61.3. The molecule has 0 aliphatic rings. The van der Waals surface area contributed by atoms with Gasteiger partial charge in [-0.05, 0) is 203 Å². The second kappa shape index (κ2) is 103. The van der Waals surface area contributed by atoms with E-state index >= 15 is 0 Å². The second-order valence-corrected chi connectivity index (χ2v) is 44.2. The molecule has 9 unspecified atom stereocenters. The van der Waals surface area contributed by atoms with Crippen molar-refractivity contribution in [1.29, 1.82) is 0 Å². The predicted octanol–water partition coefficient (Wildman–Crippen LogP) is 15.5.